The number of hydrogen-bond acceptors (Lipinski definition) is 11. The number of carbonyl (C=O) groups excluding carboxylic acids is 4. The molecule has 0 bridgehead atoms. The number of piperazine rings is 1. The topological polar surface area (TPSA) is 194 Å². The molecule has 2 aliphatic heterocycles. The fourth-order valence-electron chi connectivity index (χ4n) is 4.70. The minimum absolute atomic E-state index is 0.0615. The average molecular weight is 603 g/mol. The molecule has 0 unspecified atom stereocenters. The normalized spacial score (nSPS) is 15.8. The van der Waals surface area contributed by atoms with Crippen LogP contribution in [0.25, 0.3) is 0 Å². The highest BCUT2D eigenvalue weighted by molar-refractivity contribution is 7.15. The molecule has 0 radical (unpaired) electrons. The zero-order valence-corrected chi connectivity index (χ0v) is 24.0. The van der Waals surface area contributed by atoms with Crippen LogP contribution in [-0.2, 0) is 28.9 Å². The number of ether oxygens (including phenoxy) is 1. The summed E-state index contributed by atoms with van der Waals surface area (Å²) in [5.41, 5.74) is 2.34. The molecule has 15 nitrogen and oxygen atoms in total. The maximum Gasteiger partial charge on any atom is 0.320 e. The van der Waals surface area contributed by atoms with Gasteiger partial charge in [-0.25, -0.2) is 9.78 Å². The first-order valence-electron chi connectivity index (χ1n) is 13.6. The van der Waals surface area contributed by atoms with Crippen molar-refractivity contribution in [3.8, 4) is 0 Å². The lowest BCUT2D eigenvalue weighted by atomic mass is 10.1. The SMILES string of the molecule is CC(=O)Nc1nc(CCc2ccc(NC(NC(=O)[O-])NC(=O)[O-])cc2)c(CN2CCN(C(=O)N3CCOCC3)CC2)s1. The Morgan fingerprint density at radius 2 is 1.55 bits per heavy atom. The van der Waals surface area contributed by atoms with Crippen molar-refractivity contribution in [2.24, 2.45) is 0 Å². The first-order chi connectivity index (χ1) is 20.2. The van der Waals surface area contributed by atoms with E-state index in [1.54, 1.807) is 12.1 Å². The number of amides is 5. The van der Waals surface area contributed by atoms with Crippen molar-refractivity contribution in [2.45, 2.75) is 32.6 Å². The first kappa shape index (κ1) is 30.8. The van der Waals surface area contributed by atoms with Crippen LogP contribution in [0.3, 0.4) is 0 Å². The number of carboxylic acid groups (broad SMARTS) is 2. The second-order valence-electron chi connectivity index (χ2n) is 9.85. The van der Waals surface area contributed by atoms with Gasteiger partial charge in [0.2, 0.25) is 5.91 Å². The number of benzene rings is 1. The van der Waals surface area contributed by atoms with Gasteiger partial charge in [-0.1, -0.05) is 12.1 Å². The van der Waals surface area contributed by atoms with Gasteiger partial charge >= 0.3 is 6.03 Å². The Kier molecular flexibility index (Phi) is 10.7. The van der Waals surface area contributed by atoms with Crippen LogP contribution >= 0.6 is 11.3 Å². The van der Waals surface area contributed by atoms with Crippen LogP contribution in [0.1, 0.15) is 23.1 Å². The summed E-state index contributed by atoms with van der Waals surface area (Å²) in [5, 5.41) is 31.4. The number of aromatic nitrogens is 1. The third-order valence-corrected chi connectivity index (χ3v) is 7.79. The summed E-state index contributed by atoms with van der Waals surface area (Å²) in [5.74, 6) is -0.195. The van der Waals surface area contributed by atoms with E-state index in [0.717, 1.165) is 29.2 Å². The molecule has 2 saturated heterocycles. The molecule has 42 heavy (non-hydrogen) atoms. The molecule has 2 fully saturated rings. The summed E-state index contributed by atoms with van der Waals surface area (Å²) >= 11 is 1.45. The van der Waals surface area contributed by atoms with Crippen LogP contribution < -0.4 is 31.5 Å². The molecule has 0 atom stereocenters. The molecule has 0 aliphatic carbocycles. The van der Waals surface area contributed by atoms with Crippen molar-refractivity contribution in [2.75, 3.05) is 63.1 Å². The number of urea groups is 1. The van der Waals surface area contributed by atoms with Crippen LogP contribution in [0.15, 0.2) is 24.3 Å². The maximum absolute atomic E-state index is 12.8. The van der Waals surface area contributed by atoms with Crippen LogP contribution in [-0.4, -0.2) is 103 Å². The van der Waals surface area contributed by atoms with Crippen LogP contribution in [0.2, 0.25) is 0 Å². The summed E-state index contributed by atoms with van der Waals surface area (Å²) in [4.78, 5) is 57.8. The highest BCUT2D eigenvalue weighted by Gasteiger charge is 2.27. The molecule has 1 aromatic carbocycles. The predicted molar refractivity (Wildman–Crippen MR) is 149 cm³/mol. The summed E-state index contributed by atoms with van der Waals surface area (Å²) < 4.78 is 5.35. The van der Waals surface area contributed by atoms with E-state index in [2.05, 4.69) is 20.5 Å². The van der Waals surface area contributed by atoms with Crippen molar-refractivity contribution >= 4 is 46.3 Å². The summed E-state index contributed by atoms with van der Waals surface area (Å²) in [6.45, 7) is 7.23. The fraction of sp³-hybridized carbons (Fsp3) is 0.500. The highest BCUT2D eigenvalue weighted by Crippen LogP contribution is 2.27. The zero-order chi connectivity index (χ0) is 30.1. The van der Waals surface area contributed by atoms with Gasteiger partial charge in [0.15, 0.2) is 11.4 Å². The summed E-state index contributed by atoms with van der Waals surface area (Å²) in [6, 6.07) is 7.12. The Hall–Kier alpha value is -4.15. The number of carbonyl (C=O) groups is 4. The van der Waals surface area contributed by atoms with Gasteiger partial charge in [-0.05, 0) is 30.5 Å². The lowest BCUT2D eigenvalue weighted by Crippen LogP contribution is -2.58. The van der Waals surface area contributed by atoms with Gasteiger partial charge in [-0.2, -0.15) is 0 Å². The molecule has 2 aliphatic rings. The molecule has 2 aromatic rings. The monoisotopic (exact) mass is 602 g/mol. The molecular weight excluding hydrogens is 568 g/mol. The third-order valence-electron chi connectivity index (χ3n) is 6.79. The first-order valence-corrected chi connectivity index (χ1v) is 14.4. The second kappa shape index (κ2) is 14.7. The molecule has 16 heteroatoms. The molecular formula is C26H34N8O7S-2. The van der Waals surface area contributed by atoms with Crippen molar-refractivity contribution in [1.82, 2.24) is 30.3 Å². The predicted octanol–water partition coefficient (Wildman–Crippen LogP) is -0.982. The fourth-order valence-corrected chi connectivity index (χ4v) is 5.80. The number of aryl methyl sites for hydroxylation is 2. The van der Waals surface area contributed by atoms with Crippen LogP contribution in [0.5, 0.6) is 0 Å². The van der Waals surface area contributed by atoms with Gasteiger partial charge in [-0.3, -0.25) is 9.69 Å². The van der Waals surface area contributed by atoms with Crippen molar-refractivity contribution in [1.29, 1.82) is 0 Å². The van der Waals surface area contributed by atoms with E-state index < -0.39 is 18.5 Å². The molecule has 0 spiro atoms. The minimum atomic E-state index is -1.65. The Labute approximate surface area is 246 Å². The largest absolute Gasteiger partial charge is 0.530 e. The lowest BCUT2D eigenvalue weighted by molar-refractivity contribution is -0.255. The molecule has 0 saturated carbocycles. The summed E-state index contributed by atoms with van der Waals surface area (Å²) in [6.07, 6.45) is -3.38. The Bertz CT molecular complexity index is 1230. The van der Waals surface area contributed by atoms with Crippen molar-refractivity contribution < 1.29 is 34.1 Å². The Morgan fingerprint density at radius 3 is 2.14 bits per heavy atom. The van der Waals surface area contributed by atoms with Crippen molar-refractivity contribution in [3.63, 3.8) is 0 Å². The number of thiazole rings is 1. The van der Waals surface area contributed by atoms with E-state index in [0.29, 0.717) is 69.6 Å². The molecule has 5 amide bonds. The van der Waals surface area contributed by atoms with Gasteiger partial charge in [0.1, 0.15) is 12.2 Å². The number of anilines is 2. The zero-order valence-electron chi connectivity index (χ0n) is 23.2. The quantitative estimate of drug-likeness (QED) is 0.246. The van der Waals surface area contributed by atoms with Crippen LogP contribution in [0, 0.1) is 0 Å². The van der Waals surface area contributed by atoms with Gasteiger partial charge in [0.05, 0.1) is 18.9 Å². The van der Waals surface area contributed by atoms with E-state index in [1.807, 2.05) is 32.6 Å². The van der Waals surface area contributed by atoms with E-state index in [4.69, 9.17) is 4.74 Å². The van der Waals surface area contributed by atoms with Crippen molar-refractivity contribution in [3.05, 3.63) is 40.4 Å². The van der Waals surface area contributed by atoms with Crippen LogP contribution in [0.4, 0.5) is 25.2 Å². The smallest absolute Gasteiger partial charge is 0.320 e. The highest BCUT2D eigenvalue weighted by atomic mass is 32.1. The second-order valence-corrected chi connectivity index (χ2v) is 10.9. The van der Waals surface area contributed by atoms with Gasteiger partial charge in [0.25, 0.3) is 0 Å². The minimum Gasteiger partial charge on any atom is -0.530 e. The maximum atomic E-state index is 12.8. The molecule has 228 valence electrons. The molecule has 3 heterocycles. The Morgan fingerprint density at radius 1 is 0.929 bits per heavy atom. The number of nitrogens with one attached hydrogen (secondary N) is 4. The van der Waals surface area contributed by atoms with E-state index in [9.17, 15) is 29.4 Å². The average Bonchev–Trinajstić information content (AvgIpc) is 3.32. The number of rotatable bonds is 10. The van der Waals surface area contributed by atoms with E-state index in [1.165, 1.54) is 18.3 Å². The number of hydrogen-bond donors (Lipinski definition) is 4. The van der Waals surface area contributed by atoms with Gasteiger partial charge in [0, 0.05) is 63.3 Å². The number of morpholine rings is 1. The summed E-state index contributed by atoms with van der Waals surface area (Å²) in [7, 11) is 0. The molecule has 1 aromatic heterocycles. The van der Waals surface area contributed by atoms with Gasteiger partial charge in [-0.15, -0.1) is 11.3 Å². The van der Waals surface area contributed by atoms with Gasteiger partial charge < -0.3 is 55.6 Å². The van der Waals surface area contributed by atoms with E-state index >= 15 is 0 Å². The number of nitrogens with zero attached hydrogens (tertiary/aromatic N) is 4. The third kappa shape index (κ3) is 9.19. The lowest BCUT2D eigenvalue weighted by Gasteiger charge is -2.38. The standard InChI is InChI=1S/C26H36N8O7S/c1-17(35)27-23-29-20(7-4-18-2-5-19(6-3-18)28-22(30-24(36)37)31-25(38)39)21(42-23)16-32-8-10-33(11-9-32)26(40)34-12-14-41-15-13-34/h2-3,5-6,22,28,30-31H,4,7-16H2,1H3,(H,36,37)(H,38,39)(H,27,29,35)/p-2. The molecule has 4 rings (SSSR count). The Balaban J connectivity index is 1.34. The molecule has 4 N–H and O–H groups in total. The van der Waals surface area contributed by atoms with E-state index in [-0.39, 0.29) is 11.9 Å².